The number of hydrogen-bond acceptors (Lipinski definition) is 7. The molecule has 1 aromatic heterocycles. The Morgan fingerprint density at radius 1 is 1.15 bits per heavy atom. The van der Waals surface area contributed by atoms with Gasteiger partial charge in [-0.25, -0.2) is 14.2 Å². The number of amides is 2. The number of pyridine rings is 1. The molecular weight excluding hydrogens is 445 g/mol. The Labute approximate surface area is 196 Å². The molecule has 0 atom stereocenters. The fourth-order valence-corrected chi connectivity index (χ4v) is 3.56. The lowest BCUT2D eigenvalue weighted by atomic mass is 10.2. The molecule has 1 aliphatic heterocycles. The van der Waals surface area contributed by atoms with Gasteiger partial charge in [-0.3, -0.25) is 14.5 Å². The Balaban J connectivity index is 1.58. The van der Waals surface area contributed by atoms with Gasteiger partial charge in [0.1, 0.15) is 17.2 Å². The maximum atomic E-state index is 13.1. The smallest absolute Gasteiger partial charge is 0.339 e. The molecule has 1 saturated heterocycles. The Kier molecular flexibility index (Phi) is 8.88. The molecule has 3 rings (SSSR count). The zero-order chi connectivity index (χ0) is 24.5. The summed E-state index contributed by atoms with van der Waals surface area (Å²) in [4.78, 5) is 44.4. The zero-order valence-corrected chi connectivity index (χ0v) is 18.9. The number of nitrogens with one attached hydrogen (secondary N) is 2. The normalized spacial score (nSPS) is 14.0. The first kappa shape index (κ1) is 25.1. The number of anilines is 2. The van der Waals surface area contributed by atoms with Gasteiger partial charge in [0.15, 0.2) is 0 Å². The molecule has 1 fully saturated rings. The number of rotatable bonds is 10. The highest BCUT2D eigenvalue weighted by Crippen LogP contribution is 2.23. The van der Waals surface area contributed by atoms with Crippen LogP contribution >= 0.6 is 0 Å². The quantitative estimate of drug-likeness (QED) is 0.443. The van der Waals surface area contributed by atoms with Crippen molar-refractivity contribution in [2.45, 2.75) is 6.42 Å². The van der Waals surface area contributed by atoms with Crippen LogP contribution in [0.25, 0.3) is 0 Å². The van der Waals surface area contributed by atoms with Crippen molar-refractivity contribution in [3.8, 4) is 0 Å². The number of carbonyl (C=O) groups is 3. The summed E-state index contributed by atoms with van der Waals surface area (Å²) in [6, 6.07) is 6.37. The largest absolute Gasteiger partial charge is 0.478 e. The molecule has 34 heavy (non-hydrogen) atoms. The number of carboxylic acid groups (broad SMARTS) is 1. The zero-order valence-electron chi connectivity index (χ0n) is 18.9. The Morgan fingerprint density at radius 2 is 1.85 bits per heavy atom. The fraction of sp³-hybridized carbons (Fsp3) is 0.391. The van der Waals surface area contributed by atoms with Crippen molar-refractivity contribution in [2.24, 2.45) is 0 Å². The van der Waals surface area contributed by atoms with Gasteiger partial charge in [-0.15, -0.1) is 0 Å². The van der Waals surface area contributed by atoms with Crippen LogP contribution in [0.1, 0.15) is 27.1 Å². The van der Waals surface area contributed by atoms with Crippen molar-refractivity contribution in [1.82, 2.24) is 15.2 Å². The summed E-state index contributed by atoms with van der Waals surface area (Å²) in [5.41, 5.74) is 0.418. The second-order valence-electron chi connectivity index (χ2n) is 7.82. The maximum absolute atomic E-state index is 13.1. The highest BCUT2D eigenvalue weighted by atomic mass is 19.1. The second kappa shape index (κ2) is 12.1. The predicted octanol–water partition coefficient (Wildman–Crippen LogP) is 1.45. The molecule has 1 aliphatic rings. The van der Waals surface area contributed by atoms with Gasteiger partial charge in [0.05, 0.1) is 18.4 Å². The van der Waals surface area contributed by atoms with E-state index >= 15 is 0 Å². The van der Waals surface area contributed by atoms with E-state index in [-0.39, 0.29) is 29.3 Å². The lowest BCUT2D eigenvalue weighted by Crippen LogP contribution is -2.50. The summed E-state index contributed by atoms with van der Waals surface area (Å²) in [5, 5.41) is 15.1. The number of carboxylic acids is 1. The van der Waals surface area contributed by atoms with Crippen LogP contribution in [0.5, 0.6) is 0 Å². The van der Waals surface area contributed by atoms with E-state index in [4.69, 9.17) is 4.74 Å². The van der Waals surface area contributed by atoms with E-state index in [1.165, 1.54) is 36.5 Å². The molecule has 1 aromatic carbocycles. The van der Waals surface area contributed by atoms with Crippen molar-refractivity contribution in [1.29, 1.82) is 0 Å². The summed E-state index contributed by atoms with van der Waals surface area (Å²) in [6.45, 7) is 3.59. The minimum Gasteiger partial charge on any atom is -0.478 e. The third-order valence-corrected chi connectivity index (χ3v) is 5.35. The third-order valence-electron chi connectivity index (χ3n) is 5.35. The average molecular weight is 474 g/mol. The number of ether oxygens (including phenoxy) is 1. The topological polar surface area (TPSA) is 124 Å². The van der Waals surface area contributed by atoms with Crippen molar-refractivity contribution in [2.75, 3.05) is 63.2 Å². The van der Waals surface area contributed by atoms with Crippen LogP contribution in [0.3, 0.4) is 0 Å². The van der Waals surface area contributed by atoms with E-state index in [1.54, 1.807) is 7.11 Å². The van der Waals surface area contributed by atoms with Gasteiger partial charge < -0.3 is 25.4 Å². The Morgan fingerprint density at radius 3 is 2.50 bits per heavy atom. The van der Waals surface area contributed by atoms with Gasteiger partial charge in [-0.1, -0.05) is 0 Å². The molecule has 0 aliphatic carbocycles. The Hall–Kier alpha value is -3.57. The van der Waals surface area contributed by atoms with Crippen LogP contribution in [0, 0.1) is 5.82 Å². The van der Waals surface area contributed by atoms with Crippen LogP contribution in [0.15, 0.2) is 36.5 Å². The summed E-state index contributed by atoms with van der Waals surface area (Å²) in [5.74, 6) is -1.89. The van der Waals surface area contributed by atoms with Gasteiger partial charge in [0.25, 0.3) is 5.91 Å². The van der Waals surface area contributed by atoms with Crippen molar-refractivity contribution in [3.63, 3.8) is 0 Å². The van der Waals surface area contributed by atoms with Gasteiger partial charge in [0, 0.05) is 52.0 Å². The Bertz CT molecular complexity index is 1010. The van der Waals surface area contributed by atoms with Crippen LogP contribution < -0.4 is 15.5 Å². The number of halogens is 1. The molecule has 0 radical (unpaired) electrons. The molecule has 2 amide bonds. The number of benzene rings is 1. The lowest BCUT2D eigenvalue weighted by Gasteiger charge is -2.35. The minimum atomic E-state index is -1.17. The van der Waals surface area contributed by atoms with E-state index in [9.17, 15) is 23.9 Å². The van der Waals surface area contributed by atoms with Gasteiger partial charge in [0.2, 0.25) is 5.91 Å². The lowest BCUT2D eigenvalue weighted by molar-refractivity contribution is -0.122. The summed E-state index contributed by atoms with van der Waals surface area (Å²) < 4.78 is 18.0. The van der Waals surface area contributed by atoms with E-state index in [1.807, 2.05) is 9.80 Å². The van der Waals surface area contributed by atoms with Gasteiger partial charge in [-0.2, -0.15) is 0 Å². The van der Waals surface area contributed by atoms with Crippen molar-refractivity contribution < 1.29 is 28.6 Å². The van der Waals surface area contributed by atoms with Crippen LogP contribution in [-0.4, -0.2) is 85.8 Å². The molecule has 0 spiro atoms. The summed E-state index contributed by atoms with van der Waals surface area (Å²) >= 11 is 0. The van der Waals surface area contributed by atoms with E-state index < -0.39 is 17.7 Å². The van der Waals surface area contributed by atoms with E-state index in [2.05, 4.69) is 15.6 Å². The number of methoxy groups -OCH3 is 1. The number of aromatic carboxylic acids is 1. The van der Waals surface area contributed by atoms with E-state index in [0.717, 1.165) is 6.42 Å². The molecule has 0 bridgehead atoms. The molecule has 10 nitrogen and oxygen atoms in total. The molecular formula is C23H28FN5O5. The highest BCUT2D eigenvalue weighted by molar-refractivity contribution is 6.05. The first-order chi connectivity index (χ1) is 16.4. The molecule has 11 heteroatoms. The first-order valence-corrected chi connectivity index (χ1v) is 10.9. The monoisotopic (exact) mass is 473 g/mol. The van der Waals surface area contributed by atoms with Crippen molar-refractivity contribution in [3.05, 3.63) is 53.5 Å². The summed E-state index contributed by atoms with van der Waals surface area (Å²) in [6.07, 6.45) is 2.14. The molecule has 0 unspecified atom stereocenters. The fourth-order valence-electron chi connectivity index (χ4n) is 3.56. The van der Waals surface area contributed by atoms with Gasteiger partial charge in [-0.05, 0) is 36.8 Å². The summed E-state index contributed by atoms with van der Waals surface area (Å²) in [7, 11) is 1.61. The third kappa shape index (κ3) is 6.96. The second-order valence-corrected chi connectivity index (χ2v) is 7.82. The molecule has 2 heterocycles. The minimum absolute atomic E-state index is 0.0405. The number of carbonyl (C=O) groups excluding carboxylic acids is 2. The van der Waals surface area contributed by atoms with Crippen LogP contribution in [-0.2, 0) is 9.53 Å². The van der Waals surface area contributed by atoms with E-state index in [0.29, 0.717) is 45.1 Å². The highest BCUT2D eigenvalue weighted by Gasteiger charge is 2.24. The molecule has 182 valence electrons. The number of nitrogens with zero attached hydrogens (tertiary/aromatic N) is 3. The molecule has 0 saturated carbocycles. The van der Waals surface area contributed by atoms with Crippen LogP contribution in [0.4, 0.5) is 15.9 Å². The average Bonchev–Trinajstić information content (AvgIpc) is 2.83. The van der Waals surface area contributed by atoms with Crippen LogP contribution in [0.2, 0.25) is 0 Å². The maximum Gasteiger partial charge on any atom is 0.339 e. The van der Waals surface area contributed by atoms with Crippen molar-refractivity contribution >= 4 is 29.3 Å². The van der Waals surface area contributed by atoms with Gasteiger partial charge >= 0.3 is 5.97 Å². The molecule has 3 N–H and O–H groups in total. The standard InChI is InChI=1S/C23H28FN5O5/c1-34-12-2-7-25-20(30)15-28-8-10-29(11-9-28)21-19(23(32)33)13-18(14-26-21)27-22(31)16-3-5-17(24)6-4-16/h3-6,13-14H,2,7-12,15H2,1H3,(H,25,30)(H,27,31)(H,32,33). The number of hydrogen-bond donors (Lipinski definition) is 3. The number of piperazine rings is 1. The first-order valence-electron chi connectivity index (χ1n) is 10.9. The predicted molar refractivity (Wildman–Crippen MR) is 124 cm³/mol. The SMILES string of the molecule is COCCCNC(=O)CN1CCN(c2ncc(NC(=O)c3ccc(F)cc3)cc2C(=O)O)CC1. The number of aromatic nitrogens is 1. The molecule has 2 aromatic rings.